The molecule has 0 spiro atoms. The van der Waals surface area contributed by atoms with E-state index in [4.69, 9.17) is 0 Å². The van der Waals surface area contributed by atoms with E-state index >= 15 is 0 Å². The average molecular weight is 295 g/mol. The van der Waals surface area contributed by atoms with Crippen LogP contribution in [0, 0.1) is 12.3 Å². The number of fused-ring (bicyclic) bond motifs is 1. The molecule has 1 fully saturated rings. The number of hydrogen-bond donors (Lipinski definition) is 1. The summed E-state index contributed by atoms with van der Waals surface area (Å²) < 4.78 is 0. The van der Waals surface area contributed by atoms with Gasteiger partial charge in [-0.05, 0) is 54.9 Å². The second-order valence-corrected chi connectivity index (χ2v) is 6.71. The van der Waals surface area contributed by atoms with Crippen LogP contribution in [0.3, 0.4) is 0 Å². The summed E-state index contributed by atoms with van der Waals surface area (Å²) in [5.41, 5.74) is 3.26. The minimum absolute atomic E-state index is 0.676. The van der Waals surface area contributed by atoms with Crippen molar-refractivity contribution in [3.63, 3.8) is 0 Å². The normalized spacial score (nSPS) is 15.0. The summed E-state index contributed by atoms with van der Waals surface area (Å²) in [5.74, 6) is 0. The lowest BCUT2D eigenvalue weighted by Crippen LogP contribution is -2.24. The Morgan fingerprint density at radius 3 is 2.41 bits per heavy atom. The zero-order valence-electron chi connectivity index (χ0n) is 14.3. The molecule has 1 aliphatic carbocycles. The highest BCUT2D eigenvalue weighted by Gasteiger charge is 2.39. The summed E-state index contributed by atoms with van der Waals surface area (Å²) >= 11 is 0. The molecule has 0 saturated heterocycles. The fourth-order valence-corrected chi connectivity index (χ4v) is 2.76. The first kappa shape index (κ1) is 16.8. The van der Waals surface area contributed by atoms with Crippen molar-refractivity contribution in [2.24, 2.45) is 5.41 Å². The molecule has 3 rings (SSSR count). The molecular formula is C21H29N. The summed E-state index contributed by atoms with van der Waals surface area (Å²) in [5, 5.41) is 6.12. The molecule has 0 amide bonds. The van der Waals surface area contributed by atoms with E-state index in [1.165, 1.54) is 47.7 Å². The van der Waals surface area contributed by atoms with Crippen molar-refractivity contribution in [2.75, 3.05) is 13.1 Å². The minimum atomic E-state index is 0.676. The molecule has 2 aromatic rings. The molecule has 0 bridgehead atoms. The van der Waals surface area contributed by atoms with Crippen LogP contribution in [-0.2, 0) is 0 Å². The standard InChI is InChI=1S/C11H10.C10H19N/c1-9-5-4-7-10-6-2-3-8-11(9)10;1-4-10(5-6-10)8-11-7-9(2)3/h2-8H,1H3;11H,2,4-8H2,1,3H3. The van der Waals surface area contributed by atoms with Crippen LogP contribution in [0.25, 0.3) is 10.8 Å². The molecule has 0 heterocycles. The predicted molar refractivity (Wildman–Crippen MR) is 98.3 cm³/mol. The largest absolute Gasteiger partial charge is 0.312 e. The molecule has 1 aliphatic rings. The van der Waals surface area contributed by atoms with E-state index in [9.17, 15) is 0 Å². The molecule has 0 aliphatic heterocycles. The van der Waals surface area contributed by atoms with E-state index in [1.807, 2.05) is 0 Å². The molecule has 1 N–H and O–H groups in total. The van der Waals surface area contributed by atoms with Gasteiger partial charge in [-0.2, -0.15) is 0 Å². The molecule has 2 aromatic carbocycles. The maximum Gasteiger partial charge on any atom is 0.0159 e. The summed E-state index contributed by atoms with van der Waals surface area (Å²) in [4.78, 5) is 0. The van der Waals surface area contributed by atoms with E-state index < -0.39 is 0 Å². The third-order valence-electron chi connectivity index (χ3n) is 4.64. The van der Waals surface area contributed by atoms with Crippen LogP contribution in [0.5, 0.6) is 0 Å². The van der Waals surface area contributed by atoms with Crippen LogP contribution in [-0.4, -0.2) is 13.1 Å². The lowest BCUT2D eigenvalue weighted by Gasteiger charge is -2.12. The van der Waals surface area contributed by atoms with Gasteiger partial charge in [0.2, 0.25) is 0 Å². The smallest absolute Gasteiger partial charge is 0.0159 e. The molecule has 1 saturated carbocycles. The van der Waals surface area contributed by atoms with Gasteiger partial charge in [0.15, 0.2) is 0 Å². The van der Waals surface area contributed by atoms with Gasteiger partial charge in [0.1, 0.15) is 0 Å². The maximum atomic E-state index is 3.86. The lowest BCUT2D eigenvalue weighted by molar-refractivity contribution is 0.454. The average Bonchev–Trinajstić information content (AvgIpc) is 3.29. The summed E-state index contributed by atoms with van der Waals surface area (Å²) in [6.45, 7) is 12.5. The van der Waals surface area contributed by atoms with Crippen LogP contribution >= 0.6 is 0 Å². The molecule has 1 nitrogen and oxygen atoms in total. The molecule has 1 heteroatoms. The summed E-state index contributed by atoms with van der Waals surface area (Å²) in [6, 6.07) is 14.8. The van der Waals surface area contributed by atoms with E-state index in [0.717, 1.165) is 6.54 Å². The fourth-order valence-electron chi connectivity index (χ4n) is 2.76. The molecular weight excluding hydrogens is 266 g/mol. The van der Waals surface area contributed by atoms with E-state index in [0.29, 0.717) is 5.41 Å². The molecule has 0 unspecified atom stereocenters. The van der Waals surface area contributed by atoms with Crippen LogP contribution in [0.15, 0.2) is 54.6 Å². The van der Waals surface area contributed by atoms with Gasteiger partial charge in [-0.25, -0.2) is 0 Å². The fraction of sp³-hybridized carbons (Fsp3) is 0.429. The minimum Gasteiger partial charge on any atom is -0.312 e. The van der Waals surface area contributed by atoms with E-state index in [2.05, 4.69) is 75.1 Å². The van der Waals surface area contributed by atoms with Gasteiger partial charge in [-0.15, -0.1) is 0 Å². The monoisotopic (exact) mass is 295 g/mol. The van der Waals surface area contributed by atoms with Crippen LogP contribution in [0.1, 0.15) is 38.7 Å². The summed E-state index contributed by atoms with van der Waals surface area (Å²) in [6.07, 6.45) is 4.18. The van der Waals surface area contributed by atoms with Gasteiger partial charge in [-0.3, -0.25) is 0 Å². The first-order chi connectivity index (χ1) is 10.6. The Balaban J connectivity index is 0.000000160. The molecule has 118 valence electrons. The third kappa shape index (κ3) is 4.71. The van der Waals surface area contributed by atoms with Crippen molar-refractivity contribution < 1.29 is 0 Å². The number of nitrogens with one attached hydrogen (secondary N) is 1. The highest BCUT2D eigenvalue weighted by Crippen LogP contribution is 2.47. The zero-order chi connectivity index (χ0) is 16.0. The Morgan fingerprint density at radius 1 is 1.14 bits per heavy atom. The van der Waals surface area contributed by atoms with Gasteiger partial charge in [0.05, 0.1) is 0 Å². The maximum absolute atomic E-state index is 3.86. The van der Waals surface area contributed by atoms with E-state index in [-0.39, 0.29) is 0 Å². The van der Waals surface area contributed by atoms with Crippen LogP contribution in [0.4, 0.5) is 0 Å². The Hall–Kier alpha value is -1.60. The number of benzene rings is 2. The summed E-state index contributed by atoms with van der Waals surface area (Å²) in [7, 11) is 0. The Bertz CT molecular complexity index is 617. The second-order valence-electron chi connectivity index (χ2n) is 6.71. The quantitative estimate of drug-likeness (QED) is 0.719. The van der Waals surface area contributed by atoms with Gasteiger partial charge in [0, 0.05) is 13.1 Å². The first-order valence-electron chi connectivity index (χ1n) is 8.36. The van der Waals surface area contributed by atoms with Crippen molar-refractivity contribution in [1.82, 2.24) is 5.32 Å². The predicted octanol–water partition coefficient (Wildman–Crippen LogP) is 5.49. The van der Waals surface area contributed by atoms with Crippen molar-refractivity contribution in [3.8, 4) is 0 Å². The SMILES string of the molecule is C=C(C)CNCC1(CC)CC1.Cc1cccc2ccccc12. The Morgan fingerprint density at radius 2 is 1.82 bits per heavy atom. The number of aryl methyl sites for hydroxylation is 1. The van der Waals surface area contributed by atoms with Gasteiger partial charge >= 0.3 is 0 Å². The van der Waals surface area contributed by atoms with Gasteiger partial charge in [-0.1, -0.05) is 61.5 Å². The van der Waals surface area contributed by atoms with Crippen LogP contribution in [0.2, 0.25) is 0 Å². The highest BCUT2D eigenvalue weighted by atomic mass is 14.9. The van der Waals surface area contributed by atoms with E-state index in [1.54, 1.807) is 0 Å². The number of hydrogen-bond acceptors (Lipinski definition) is 1. The zero-order valence-corrected chi connectivity index (χ0v) is 14.3. The van der Waals surface area contributed by atoms with Crippen molar-refractivity contribution in [1.29, 1.82) is 0 Å². The lowest BCUT2D eigenvalue weighted by atomic mass is 10.0. The number of rotatable bonds is 5. The first-order valence-corrected chi connectivity index (χ1v) is 8.36. The van der Waals surface area contributed by atoms with Crippen molar-refractivity contribution >= 4 is 10.8 Å². The van der Waals surface area contributed by atoms with Gasteiger partial charge < -0.3 is 5.32 Å². The van der Waals surface area contributed by atoms with Crippen molar-refractivity contribution in [3.05, 3.63) is 60.2 Å². The topological polar surface area (TPSA) is 12.0 Å². The molecule has 0 atom stereocenters. The van der Waals surface area contributed by atoms with Crippen molar-refractivity contribution in [2.45, 2.75) is 40.0 Å². The van der Waals surface area contributed by atoms with Crippen LogP contribution < -0.4 is 5.32 Å². The Labute approximate surface area is 135 Å². The highest BCUT2D eigenvalue weighted by molar-refractivity contribution is 5.85. The third-order valence-corrected chi connectivity index (χ3v) is 4.64. The molecule has 0 aromatic heterocycles. The van der Waals surface area contributed by atoms with Gasteiger partial charge in [0.25, 0.3) is 0 Å². The second kappa shape index (κ2) is 7.60. The Kier molecular flexibility index (Phi) is 5.79. The molecule has 0 radical (unpaired) electrons. The molecule has 22 heavy (non-hydrogen) atoms.